The highest BCUT2D eigenvalue weighted by atomic mass is 16.6. The average molecular weight is 392 g/mol. The van der Waals surface area contributed by atoms with Crippen molar-refractivity contribution in [1.29, 1.82) is 0 Å². The van der Waals surface area contributed by atoms with Gasteiger partial charge in [-0.05, 0) is 52.2 Å². The first-order chi connectivity index (χ1) is 13.3. The first-order valence-corrected chi connectivity index (χ1v) is 9.91. The maximum Gasteiger partial charge on any atom is 0.410 e. The van der Waals surface area contributed by atoms with Crippen LogP contribution in [0.3, 0.4) is 0 Å². The van der Waals surface area contributed by atoms with Gasteiger partial charge in [0.1, 0.15) is 5.60 Å². The van der Waals surface area contributed by atoms with Crippen molar-refractivity contribution in [3.05, 3.63) is 24.3 Å². The number of carbonyl (C=O) groups excluding carboxylic acids is 2. The number of rotatable bonds is 7. The number of carbonyl (C=O) groups is 2. The number of benzene rings is 1. The van der Waals surface area contributed by atoms with Crippen LogP contribution >= 0.6 is 0 Å². The van der Waals surface area contributed by atoms with Crippen LogP contribution in [0.5, 0.6) is 0 Å². The minimum Gasteiger partial charge on any atom is -0.444 e. The number of ether oxygens (including phenoxy) is 2. The number of piperidine rings is 1. The number of para-hydroxylation sites is 2. The fraction of sp³-hybridized carbons (Fsp3) is 0.619. The highest BCUT2D eigenvalue weighted by molar-refractivity contribution is 5.94. The summed E-state index contributed by atoms with van der Waals surface area (Å²) in [5, 5.41) is 6.44. The monoisotopic (exact) mass is 391 g/mol. The fourth-order valence-electron chi connectivity index (χ4n) is 3.11. The van der Waals surface area contributed by atoms with Crippen molar-refractivity contribution in [1.82, 2.24) is 4.90 Å². The summed E-state index contributed by atoms with van der Waals surface area (Å²) in [6.45, 7) is 7.45. The van der Waals surface area contributed by atoms with Gasteiger partial charge in [0.05, 0.1) is 11.4 Å². The first-order valence-electron chi connectivity index (χ1n) is 9.91. The smallest absolute Gasteiger partial charge is 0.410 e. The van der Waals surface area contributed by atoms with Crippen LogP contribution < -0.4 is 10.6 Å². The summed E-state index contributed by atoms with van der Waals surface area (Å²) in [6.07, 6.45) is 2.68. The van der Waals surface area contributed by atoms with Crippen LogP contribution in [0.2, 0.25) is 0 Å². The Hall–Kier alpha value is -2.28. The molecule has 2 N–H and O–H groups in total. The maximum atomic E-state index is 12.4. The van der Waals surface area contributed by atoms with Crippen molar-refractivity contribution >= 4 is 23.4 Å². The van der Waals surface area contributed by atoms with Crippen molar-refractivity contribution < 1.29 is 19.1 Å². The second-order valence-corrected chi connectivity index (χ2v) is 8.10. The highest BCUT2D eigenvalue weighted by Crippen LogP contribution is 2.25. The zero-order valence-corrected chi connectivity index (χ0v) is 17.4. The number of amides is 2. The number of nitrogens with zero attached hydrogens (tertiary/aromatic N) is 1. The molecule has 0 radical (unpaired) electrons. The molecular weight excluding hydrogens is 358 g/mol. The molecule has 0 aliphatic carbocycles. The molecule has 1 saturated heterocycles. The molecule has 7 heteroatoms. The molecule has 0 aromatic heterocycles. The van der Waals surface area contributed by atoms with Crippen LogP contribution in [0, 0.1) is 0 Å². The van der Waals surface area contributed by atoms with Gasteiger partial charge < -0.3 is 25.0 Å². The standard InChI is InChI=1S/C21H33N3O4/c1-21(2,3)28-20(26)24-13-7-9-16(15-24)22-17-10-5-6-11-18(17)23-19(25)12-8-14-27-4/h5-6,10-11,16,22H,7-9,12-15H2,1-4H3,(H,23,25)/t16-/m1/s1. The molecule has 0 saturated carbocycles. The number of hydrogen-bond acceptors (Lipinski definition) is 5. The fourth-order valence-corrected chi connectivity index (χ4v) is 3.11. The van der Waals surface area contributed by atoms with Crippen LogP contribution in [0.15, 0.2) is 24.3 Å². The summed E-state index contributed by atoms with van der Waals surface area (Å²) < 4.78 is 10.5. The quantitative estimate of drug-likeness (QED) is 0.690. The minimum atomic E-state index is -0.503. The van der Waals surface area contributed by atoms with Gasteiger partial charge in [-0.1, -0.05) is 12.1 Å². The van der Waals surface area contributed by atoms with Crippen LogP contribution in [-0.4, -0.2) is 55.3 Å². The molecule has 0 spiro atoms. The van der Waals surface area contributed by atoms with Crippen molar-refractivity contribution in [2.75, 3.05) is 37.4 Å². The highest BCUT2D eigenvalue weighted by Gasteiger charge is 2.27. The van der Waals surface area contributed by atoms with Gasteiger partial charge in [-0.15, -0.1) is 0 Å². The Morgan fingerprint density at radius 3 is 2.61 bits per heavy atom. The van der Waals surface area contributed by atoms with Gasteiger partial charge >= 0.3 is 6.09 Å². The van der Waals surface area contributed by atoms with E-state index in [4.69, 9.17) is 9.47 Å². The van der Waals surface area contributed by atoms with E-state index in [-0.39, 0.29) is 18.0 Å². The van der Waals surface area contributed by atoms with Crippen molar-refractivity contribution in [2.24, 2.45) is 0 Å². The average Bonchev–Trinajstić information content (AvgIpc) is 2.62. The van der Waals surface area contributed by atoms with Crippen LogP contribution in [0.1, 0.15) is 46.5 Å². The Labute approximate surface area is 167 Å². The molecular formula is C21H33N3O4. The van der Waals surface area contributed by atoms with Gasteiger partial charge in [-0.25, -0.2) is 4.79 Å². The lowest BCUT2D eigenvalue weighted by atomic mass is 10.1. The lowest BCUT2D eigenvalue weighted by molar-refractivity contribution is -0.116. The van der Waals surface area contributed by atoms with Gasteiger partial charge in [0, 0.05) is 39.3 Å². The SMILES string of the molecule is COCCCC(=O)Nc1ccccc1N[C@@H]1CCCN(C(=O)OC(C)(C)C)C1. The number of anilines is 2. The van der Waals surface area contributed by atoms with E-state index in [0.717, 1.165) is 24.2 Å². The Kier molecular flexibility index (Phi) is 8.11. The van der Waals surface area contributed by atoms with Gasteiger partial charge in [0.15, 0.2) is 0 Å². The zero-order chi connectivity index (χ0) is 20.6. The van der Waals surface area contributed by atoms with E-state index < -0.39 is 5.60 Å². The van der Waals surface area contributed by atoms with Crippen LogP contribution in [-0.2, 0) is 14.3 Å². The molecule has 2 rings (SSSR count). The summed E-state index contributed by atoms with van der Waals surface area (Å²) in [5.41, 5.74) is 1.11. The molecule has 7 nitrogen and oxygen atoms in total. The summed E-state index contributed by atoms with van der Waals surface area (Å²) in [6, 6.07) is 7.75. The Bertz CT molecular complexity index is 657. The van der Waals surface area contributed by atoms with Crippen LogP contribution in [0.25, 0.3) is 0 Å². The Balaban J connectivity index is 1.95. The van der Waals surface area contributed by atoms with E-state index in [2.05, 4.69) is 10.6 Å². The van der Waals surface area contributed by atoms with Gasteiger partial charge in [-0.3, -0.25) is 4.79 Å². The Morgan fingerprint density at radius 2 is 1.93 bits per heavy atom. The predicted molar refractivity (Wildman–Crippen MR) is 111 cm³/mol. The van der Waals surface area contributed by atoms with E-state index in [9.17, 15) is 9.59 Å². The molecule has 1 fully saturated rings. The number of likely N-dealkylation sites (tertiary alicyclic amines) is 1. The summed E-state index contributed by atoms with van der Waals surface area (Å²) in [5.74, 6) is -0.0367. The summed E-state index contributed by atoms with van der Waals surface area (Å²) in [7, 11) is 1.63. The topological polar surface area (TPSA) is 79.9 Å². The zero-order valence-electron chi connectivity index (χ0n) is 17.4. The molecule has 1 atom stereocenters. The first kappa shape index (κ1) is 22.0. The number of hydrogen-bond donors (Lipinski definition) is 2. The summed E-state index contributed by atoms with van der Waals surface area (Å²) >= 11 is 0. The van der Waals surface area contributed by atoms with Crippen molar-refractivity contribution in [2.45, 2.75) is 58.1 Å². The van der Waals surface area contributed by atoms with Crippen molar-refractivity contribution in [3.8, 4) is 0 Å². The minimum absolute atomic E-state index is 0.0367. The lowest BCUT2D eigenvalue weighted by Gasteiger charge is -2.35. The molecule has 1 aliphatic heterocycles. The van der Waals surface area contributed by atoms with Crippen LogP contribution in [0.4, 0.5) is 16.2 Å². The van der Waals surface area contributed by atoms with E-state index in [1.165, 1.54) is 0 Å². The third kappa shape index (κ3) is 7.38. The second kappa shape index (κ2) is 10.3. The number of nitrogens with one attached hydrogen (secondary N) is 2. The summed E-state index contributed by atoms with van der Waals surface area (Å²) in [4.78, 5) is 26.2. The molecule has 1 heterocycles. The lowest BCUT2D eigenvalue weighted by Crippen LogP contribution is -2.47. The van der Waals surface area contributed by atoms with E-state index in [1.807, 2.05) is 45.0 Å². The molecule has 28 heavy (non-hydrogen) atoms. The molecule has 0 bridgehead atoms. The number of methoxy groups -OCH3 is 1. The third-order valence-electron chi connectivity index (χ3n) is 4.39. The van der Waals surface area contributed by atoms with E-state index in [0.29, 0.717) is 32.5 Å². The molecule has 1 aromatic rings. The van der Waals surface area contributed by atoms with Gasteiger partial charge in [-0.2, -0.15) is 0 Å². The van der Waals surface area contributed by atoms with Gasteiger partial charge in [0.2, 0.25) is 5.91 Å². The molecule has 1 aliphatic rings. The third-order valence-corrected chi connectivity index (χ3v) is 4.39. The predicted octanol–water partition coefficient (Wildman–Crippen LogP) is 3.86. The molecule has 0 unspecified atom stereocenters. The Morgan fingerprint density at radius 1 is 1.21 bits per heavy atom. The van der Waals surface area contributed by atoms with Crippen molar-refractivity contribution in [3.63, 3.8) is 0 Å². The van der Waals surface area contributed by atoms with E-state index in [1.54, 1.807) is 12.0 Å². The normalized spacial score (nSPS) is 17.1. The molecule has 1 aromatic carbocycles. The molecule has 2 amide bonds. The van der Waals surface area contributed by atoms with Gasteiger partial charge in [0.25, 0.3) is 0 Å². The molecule has 156 valence electrons. The maximum absolute atomic E-state index is 12.4. The largest absolute Gasteiger partial charge is 0.444 e. The van der Waals surface area contributed by atoms with E-state index >= 15 is 0 Å². The second-order valence-electron chi connectivity index (χ2n) is 8.10.